The highest BCUT2D eigenvalue weighted by Crippen LogP contribution is 2.41. The van der Waals surface area contributed by atoms with Crippen LogP contribution in [0.15, 0.2) is 50.6 Å². The number of carbonyl (C=O) groups excluding carboxylic acids is 5. The number of nitriles is 1. The molecule has 0 saturated heterocycles. The third-order valence-corrected chi connectivity index (χ3v) is 34.0. The third-order valence-electron chi connectivity index (χ3n) is 11.7. The molecule has 486 valence electrons. The Bertz CT molecular complexity index is 2100. The second kappa shape index (κ2) is 36.7. The summed E-state index contributed by atoms with van der Waals surface area (Å²) in [7, 11) is -20.1. The molecule has 0 aromatic heterocycles. The maximum Gasteiger partial charge on any atom is 0.389 e. The largest absolute Gasteiger partial charge is 0.463 e. The van der Waals surface area contributed by atoms with Crippen LogP contribution < -0.4 is 0 Å². The Morgan fingerprint density at radius 2 is 0.845 bits per heavy atom. The highest BCUT2D eigenvalue weighted by Gasteiger charge is 2.54. The van der Waals surface area contributed by atoms with E-state index in [2.05, 4.69) is 26.3 Å². The zero-order valence-corrected chi connectivity index (χ0v) is 54.0. The molecule has 0 N–H and O–H groups in total. The topological polar surface area (TPSA) is 211 Å². The maximum absolute atomic E-state index is 13.8. The van der Waals surface area contributed by atoms with Gasteiger partial charge in [-0.25, -0.2) is 19.2 Å². The number of carbonyl (C=O) groups is 5. The summed E-state index contributed by atoms with van der Waals surface area (Å²) in [5.41, 5.74) is -2.41. The van der Waals surface area contributed by atoms with Crippen molar-refractivity contribution in [3.8, 4) is 6.26 Å². The summed E-state index contributed by atoms with van der Waals surface area (Å²) in [4.78, 5) is 57.5. The average Bonchev–Trinajstić information content (AvgIpc) is 3.54. The van der Waals surface area contributed by atoms with Gasteiger partial charge in [-0.2, -0.15) is 57.9 Å². The molecule has 0 rings (SSSR count). The smallest absolute Gasteiger partial charge is 0.389 e. The lowest BCUT2D eigenvalue weighted by atomic mass is 9.89. The molecule has 0 aliphatic heterocycles. The molecule has 0 radical (unpaired) electrons. The highest BCUT2D eigenvalue weighted by molar-refractivity contribution is 6.91. The van der Waals surface area contributed by atoms with Gasteiger partial charge in [-0.15, -0.1) is 0 Å². The molecule has 0 aliphatic rings. The van der Waals surface area contributed by atoms with Gasteiger partial charge >= 0.3 is 80.2 Å². The van der Waals surface area contributed by atoms with Crippen LogP contribution in [-0.2, 0) is 73.6 Å². The molecule has 4 unspecified atom stereocenters. The second-order valence-corrected chi connectivity index (χ2v) is 40.9. The lowest BCUT2D eigenvalue weighted by molar-refractivity contribution is -0.157. The Morgan fingerprint density at radius 1 is 0.476 bits per heavy atom. The fraction of sp³-hybridized carbons (Fsp3) is 0.720. The Kier molecular flexibility index (Phi) is 35.7. The molecule has 0 aromatic rings. The SMILES string of the molecule is C=CC(=O)OCC(C)(COC(=O)C=C)CC(=O)OCCOCCC[Si](C)(C)O[Si](C)(CCC(F)(F)F)O[Si](C)(CCC(F)(F)F)O[Si](C)(CCC(F)(F)F)O[Si](C)(CCCC)CCC(F)(F)F.C=CC(=O)OCC(C)(COC(=O)C=C)OC#N. The number of rotatable bonds is 41. The minimum absolute atomic E-state index is 0.0302. The second-order valence-electron chi connectivity index (χ2n) is 21.4. The van der Waals surface area contributed by atoms with Crippen molar-refractivity contribution < 1.29 is 126 Å². The van der Waals surface area contributed by atoms with Crippen LogP contribution in [0.5, 0.6) is 0 Å². The molecule has 0 heterocycles. The van der Waals surface area contributed by atoms with Gasteiger partial charge in [-0.1, -0.05) is 53.0 Å². The van der Waals surface area contributed by atoms with Crippen molar-refractivity contribution in [1.29, 1.82) is 5.26 Å². The summed E-state index contributed by atoms with van der Waals surface area (Å²) >= 11 is 0. The lowest BCUT2D eigenvalue weighted by Crippen LogP contribution is -2.62. The Morgan fingerprint density at radius 3 is 1.21 bits per heavy atom. The fourth-order valence-electron chi connectivity index (χ4n) is 7.57. The molecule has 34 heteroatoms. The van der Waals surface area contributed by atoms with E-state index in [0.717, 1.165) is 37.4 Å². The van der Waals surface area contributed by atoms with E-state index >= 15 is 0 Å². The van der Waals surface area contributed by atoms with Crippen LogP contribution in [0.25, 0.3) is 0 Å². The number of unbranched alkanes of at least 4 members (excludes halogenated alkanes) is 1. The molecule has 4 atom stereocenters. The molecule has 0 aromatic carbocycles. The van der Waals surface area contributed by atoms with E-state index in [0.29, 0.717) is 12.8 Å². The summed E-state index contributed by atoms with van der Waals surface area (Å²) in [5, 5.41) is 8.45. The Labute approximate surface area is 488 Å². The van der Waals surface area contributed by atoms with Crippen molar-refractivity contribution in [2.75, 3.05) is 46.2 Å². The van der Waals surface area contributed by atoms with Crippen molar-refractivity contribution in [3.63, 3.8) is 0 Å². The number of nitrogens with zero attached hydrogens (tertiary/aromatic N) is 1. The summed E-state index contributed by atoms with van der Waals surface area (Å²) in [6.45, 7) is 24.3. The van der Waals surface area contributed by atoms with Crippen LogP contribution in [0.1, 0.15) is 72.1 Å². The molecule has 0 amide bonds. The van der Waals surface area contributed by atoms with Gasteiger partial charge in [0.2, 0.25) is 0 Å². The molecular formula is C50H81F12NO16Si5. The minimum atomic E-state index is -4.87. The van der Waals surface area contributed by atoms with Gasteiger partial charge in [0.25, 0.3) is 6.26 Å². The first-order valence-corrected chi connectivity index (χ1v) is 39.8. The summed E-state index contributed by atoms with van der Waals surface area (Å²) in [5.74, 6) is -3.63. The normalized spacial score (nSPS) is 15.3. The number of halogens is 12. The molecular weight excluding hydrogens is 1240 g/mol. The van der Waals surface area contributed by atoms with Crippen LogP contribution in [0.4, 0.5) is 52.7 Å². The fourth-order valence-corrected chi connectivity index (χ4v) is 34.4. The highest BCUT2D eigenvalue weighted by atomic mass is 28.5. The Hall–Kier alpha value is -4.36. The Balaban J connectivity index is 0. The average molecular weight is 1320 g/mol. The molecule has 0 aliphatic carbocycles. The van der Waals surface area contributed by atoms with E-state index in [1.165, 1.54) is 33.2 Å². The number of hydrogen-bond acceptors (Lipinski definition) is 17. The predicted molar refractivity (Wildman–Crippen MR) is 294 cm³/mol. The number of hydrogen-bond donors (Lipinski definition) is 0. The van der Waals surface area contributed by atoms with E-state index in [9.17, 15) is 76.7 Å². The van der Waals surface area contributed by atoms with Gasteiger partial charge < -0.3 is 49.6 Å². The van der Waals surface area contributed by atoms with Gasteiger partial charge in [0, 0.05) is 62.0 Å². The summed E-state index contributed by atoms with van der Waals surface area (Å²) < 4.78 is 225. The maximum atomic E-state index is 13.8. The zero-order chi connectivity index (χ0) is 65.5. The van der Waals surface area contributed by atoms with Crippen molar-refractivity contribution in [2.45, 2.75) is 178 Å². The summed E-state index contributed by atoms with van der Waals surface area (Å²) in [6.07, 6.45) is -19.1. The quantitative estimate of drug-likeness (QED) is 0.0106. The van der Waals surface area contributed by atoms with Gasteiger partial charge in [-0.05, 0) is 88.9 Å². The van der Waals surface area contributed by atoms with Gasteiger partial charge in [-0.3, -0.25) is 4.79 Å². The minimum Gasteiger partial charge on any atom is -0.463 e. The van der Waals surface area contributed by atoms with Crippen LogP contribution in [-0.4, -0.2) is 149 Å². The zero-order valence-electron chi connectivity index (χ0n) is 49.0. The molecule has 0 bridgehead atoms. The van der Waals surface area contributed by atoms with Crippen LogP contribution >= 0.6 is 0 Å². The van der Waals surface area contributed by atoms with E-state index in [-0.39, 0.29) is 71.2 Å². The van der Waals surface area contributed by atoms with Crippen molar-refractivity contribution >= 4 is 72.2 Å². The third kappa shape index (κ3) is 41.7. The predicted octanol–water partition coefficient (Wildman–Crippen LogP) is 13.2. The number of alkyl halides is 12. The van der Waals surface area contributed by atoms with E-state index in [1.807, 2.05) is 0 Å². The summed E-state index contributed by atoms with van der Waals surface area (Å²) in [6, 6.07) is -3.02. The van der Waals surface area contributed by atoms with E-state index in [4.69, 9.17) is 54.9 Å². The monoisotopic (exact) mass is 1320 g/mol. The van der Waals surface area contributed by atoms with Crippen molar-refractivity contribution in [1.82, 2.24) is 0 Å². The van der Waals surface area contributed by atoms with Crippen molar-refractivity contribution in [2.24, 2.45) is 5.41 Å². The molecule has 0 fully saturated rings. The van der Waals surface area contributed by atoms with Gasteiger partial charge in [0.15, 0.2) is 22.2 Å². The molecule has 84 heavy (non-hydrogen) atoms. The van der Waals surface area contributed by atoms with Crippen LogP contribution in [0.2, 0.25) is 75.5 Å². The number of esters is 5. The van der Waals surface area contributed by atoms with E-state index in [1.54, 1.807) is 20.0 Å². The molecule has 17 nitrogen and oxygen atoms in total. The van der Waals surface area contributed by atoms with Crippen molar-refractivity contribution in [3.05, 3.63) is 50.6 Å². The lowest BCUT2D eigenvalue weighted by Gasteiger charge is -2.46. The first-order chi connectivity index (χ1) is 38.2. The molecule has 0 saturated carbocycles. The first kappa shape index (κ1) is 81.7. The van der Waals surface area contributed by atoms with Crippen LogP contribution in [0, 0.1) is 16.9 Å². The first-order valence-electron chi connectivity index (χ1n) is 26.2. The van der Waals surface area contributed by atoms with Crippen LogP contribution in [0.3, 0.4) is 0 Å². The number of ether oxygens (including phenoxy) is 7. The molecule has 0 spiro atoms. The van der Waals surface area contributed by atoms with E-state index < -0.39 is 158 Å². The van der Waals surface area contributed by atoms with Gasteiger partial charge in [0.1, 0.15) is 33.0 Å². The van der Waals surface area contributed by atoms with Gasteiger partial charge in [0.05, 0.1) is 13.0 Å². The standard InChI is InChI=1S/C39H68F12O11Si5.C11H13NO5/c1-11-14-24-64(7,25-16-36(40,41)42)60-66(9,27-18-38(46,47)48)62-67(10,28-19-39(49,50)51)61-65(8,26-17-37(43,44)45)59-63(5,6)23-15-20-55-21-22-56-34(54)29-35(4,30-57-32(52)12-2)31-58-33(53)13-3;1-4-9(13)15-6-11(3,17-8-12)7-16-10(14)5-2/h12-13H,2-3,11,14-31H2,1,4-10H3;4-5H,1-2,6-7H2,3H3.